The van der Waals surface area contributed by atoms with Gasteiger partial charge in [-0.15, -0.1) is 0 Å². The number of allylic oxidation sites excluding steroid dienone is 1. The summed E-state index contributed by atoms with van der Waals surface area (Å²) in [6.07, 6.45) is 0. The normalized spacial score (nSPS) is 19.3. The Morgan fingerprint density at radius 2 is 1.61 bits per heavy atom. The zero-order valence-corrected chi connectivity index (χ0v) is 17.4. The molecule has 0 fully saturated rings. The van der Waals surface area contributed by atoms with Gasteiger partial charge in [0, 0.05) is 28.3 Å². The average Bonchev–Trinajstić information content (AvgIpc) is 3.08. The van der Waals surface area contributed by atoms with Gasteiger partial charge in [-0.2, -0.15) is 0 Å². The van der Waals surface area contributed by atoms with Crippen molar-refractivity contribution in [2.75, 3.05) is 20.8 Å². The molecule has 0 saturated heterocycles. The Morgan fingerprint density at radius 1 is 0.935 bits per heavy atom. The number of benzene rings is 2. The highest BCUT2D eigenvalue weighted by Gasteiger charge is 2.48. The number of ether oxygens (including phenoxy) is 3. The maximum Gasteiger partial charge on any atom is 0.343 e. The van der Waals surface area contributed by atoms with Gasteiger partial charge in [-0.05, 0) is 13.0 Å². The average molecular weight is 419 g/mol. The van der Waals surface area contributed by atoms with Gasteiger partial charge in [-0.3, -0.25) is 9.79 Å². The van der Waals surface area contributed by atoms with Crippen LogP contribution in [0.1, 0.15) is 34.3 Å². The number of methoxy groups -OCH3 is 2. The Bertz CT molecular complexity index is 1150. The molecule has 0 spiro atoms. The van der Waals surface area contributed by atoms with Crippen molar-refractivity contribution in [1.82, 2.24) is 0 Å². The Labute approximate surface area is 179 Å². The predicted molar refractivity (Wildman–Crippen MR) is 112 cm³/mol. The Hall–Kier alpha value is -3.74. The number of aliphatic imine (C=N–C) groups is 1. The van der Waals surface area contributed by atoms with Crippen LogP contribution in [0.3, 0.4) is 0 Å². The Kier molecular flexibility index (Phi) is 5.42. The monoisotopic (exact) mass is 419 g/mol. The lowest BCUT2D eigenvalue weighted by molar-refractivity contribution is -0.143. The van der Waals surface area contributed by atoms with Gasteiger partial charge in [0.2, 0.25) is 0 Å². The molecule has 7 nitrogen and oxygen atoms in total. The molecule has 0 N–H and O–H groups in total. The highest BCUT2D eigenvalue weighted by molar-refractivity contribution is 6.30. The molecule has 0 aromatic heterocycles. The molecule has 31 heavy (non-hydrogen) atoms. The van der Waals surface area contributed by atoms with E-state index in [4.69, 9.17) is 9.47 Å². The summed E-state index contributed by atoms with van der Waals surface area (Å²) >= 11 is 0. The highest BCUT2D eigenvalue weighted by atomic mass is 16.6. The van der Waals surface area contributed by atoms with Crippen LogP contribution in [0.25, 0.3) is 0 Å². The first-order chi connectivity index (χ1) is 15.0. The van der Waals surface area contributed by atoms with Crippen LogP contribution in [-0.4, -0.2) is 44.3 Å². The Morgan fingerprint density at radius 3 is 2.32 bits per heavy atom. The third-order valence-electron chi connectivity index (χ3n) is 5.60. The lowest BCUT2D eigenvalue weighted by Crippen LogP contribution is -2.32. The van der Waals surface area contributed by atoms with Crippen molar-refractivity contribution in [3.8, 4) is 5.75 Å². The second-order valence-electron chi connectivity index (χ2n) is 7.26. The largest absolute Gasteiger partial charge is 0.482 e. The fraction of sp³-hybridized carbons (Fsp3) is 0.250. The fourth-order valence-electron chi connectivity index (χ4n) is 4.24. The number of fused-ring (bicyclic) bond motifs is 3. The van der Waals surface area contributed by atoms with Gasteiger partial charge in [-0.1, -0.05) is 42.5 Å². The molecule has 0 bridgehead atoms. The van der Waals surface area contributed by atoms with Crippen LogP contribution >= 0.6 is 0 Å². The number of rotatable bonds is 5. The minimum Gasteiger partial charge on any atom is -0.482 e. The van der Waals surface area contributed by atoms with E-state index in [1.165, 1.54) is 14.2 Å². The van der Waals surface area contributed by atoms with Crippen molar-refractivity contribution >= 4 is 23.4 Å². The summed E-state index contributed by atoms with van der Waals surface area (Å²) in [6, 6.07) is 14.3. The van der Waals surface area contributed by atoms with E-state index < -0.39 is 23.8 Å². The van der Waals surface area contributed by atoms with Gasteiger partial charge >= 0.3 is 11.9 Å². The minimum absolute atomic E-state index is 0.115. The van der Waals surface area contributed by atoms with E-state index in [-0.39, 0.29) is 12.4 Å². The number of carbonyl (C=O) groups is 3. The summed E-state index contributed by atoms with van der Waals surface area (Å²) in [6.45, 7) is 1.43. The molecular formula is C24H21NO6. The van der Waals surface area contributed by atoms with E-state index in [9.17, 15) is 14.4 Å². The van der Waals surface area contributed by atoms with Crippen molar-refractivity contribution in [3.63, 3.8) is 0 Å². The number of nitrogens with zero attached hydrogens (tertiary/aromatic N) is 1. The van der Waals surface area contributed by atoms with E-state index in [1.807, 2.05) is 12.1 Å². The van der Waals surface area contributed by atoms with Crippen molar-refractivity contribution in [3.05, 3.63) is 76.5 Å². The van der Waals surface area contributed by atoms with Crippen LogP contribution in [-0.2, 0) is 19.1 Å². The van der Waals surface area contributed by atoms with Gasteiger partial charge in [0.1, 0.15) is 5.75 Å². The van der Waals surface area contributed by atoms with Crippen LogP contribution in [0.4, 0.5) is 0 Å². The van der Waals surface area contributed by atoms with Crippen molar-refractivity contribution < 1.29 is 28.6 Å². The van der Waals surface area contributed by atoms with Crippen molar-refractivity contribution in [2.24, 2.45) is 10.9 Å². The van der Waals surface area contributed by atoms with Gasteiger partial charge in [0.15, 0.2) is 12.4 Å². The molecule has 7 heteroatoms. The van der Waals surface area contributed by atoms with Gasteiger partial charge in [-0.25, -0.2) is 9.59 Å². The number of carbonyl (C=O) groups excluding carboxylic acids is 3. The molecule has 1 heterocycles. The van der Waals surface area contributed by atoms with Crippen LogP contribution in [0.5, 0.6) is 5.75 Å². The molecule has 158 valence electrons. The highest BCUT2D eigenvalue weighted by Crippen LogP contribution is 2.48. The number of para-hydroxylation sites is 1. The van der Waals surface area contributed by atoms with E-state index in [2.05, 4.69) is 9.73 Å². The first-order valence-corrected chi connectivity index (χ1v) is 9.77. The molecule has 0 amide bonds. The van der Waals surface area contributed by atoms with E-state index in [0.29, 0.717) is 33.9 Å². The lowest BCUT2D eigenvalue weighted by Gasteiger charge is -2.30. The minimum atomic E-state index is -0.696. The third-order valence-corrected chi connectivity index (χ3v) is 5.60. The predicted octanol–water partition coefficient (Wildman–Crippen LogP) is 3.08. The summed E-state index contributed by atoms with van der Waals surface area (Å²) in [5.74, 6) is -2.19. The third kappa shape index (κ3) is 3.42. The van der Waals surface area contributed by atoms with Crippen LogP contribution in [0.2, 0.25) is 0 Å². The summed E-state index contributed by atoms with van der Waals surface area (Å²) in [5, 5.41) is 0. The zero-order valence-electron chi connectivity index (χ0n) is 17.4. The molecule has 2 aliphatic rings. The second kappa shape index (κ2) is 8.18. The molecule has 0 radical (unpaired) electrons. The molecule has 4 rings (SSSR count). The number of ketones is 1. The molecule has 1 aliphatic heterocycles. The van der Waals surface area contributed by atoms with Crippen LogP contribution in [0, 0.1) is 5.92 Å². The van der Waals surface area contributed by atoms with Crippen LogP contribution in [0.15, 0.2) is 64.8 Å². The van der Waals surface area contributed by atoms with Crippen molar-refractivity contribution in [1.29, 1.82) is 0 Å². The standard InChI is InChI=1S/C24H21NO6/c1-13-19(24(28)30-3)20(16-10-6-7-11-17(16)31-12-18(26)29-2)21-22(25-13)14-8-4-5-9-15(14)23(21)27/h4-11,20-21H,12H2,1-3H3/t20-,21-/m0/s1. The fourth-order valence-corrected chi connectivity index (χ4v) is 4.24. The molecule has 1 aliphatic carbocycles. The zero-order chi connectivity index (χ0) is 22.1. The van der Waals surface area contributed by atoms with Crippen LogP contribution < -0.4 is 4.74 Å². The smallest absolute Gasteiger partial charge is 0.343 e. The van der Waals surface area contributed by atoms with E-state index in [0.717, 1.165) is 5.56 Å². The van der Waals surface area contributed by atoms with Crippen molar-refractivity contribution in [2.45, 2.75) is 12.8 Å². The summed E-state index contributed by atoms with van der Waals surface area (Å²) < 4.78 is 15.4. The SMILES string of the molecule is COC(=O)COc1ccccc1[C@H]1C(C(=O)OC)=C(C)N=C2c3ccccc3C(=O)[C@H]21. The maximum atomic E-state index is 13.4. The summed E-state index contributed by atoms with van der Waals surface area (Å²) in [5.41, 5.74) is 3.34. The summed E-state index contributed by atoms with van der Waals surface area (Å²) in [4.78, 5) is 42.5. The molecule has 2 aromatic rings. The number of hydrogen-bond acceptors (Lipinski definition) is 7. The number of hydrogen-bond donors (Lipinski definition) is 0. The van der Waals surface area contributed by atoms with E-state index >= 15 is 0 Å². The topological polar surface area (TPSA) is 91.3 Å². The maximum absolute atomic E-state index is 13.4. The summed E-state index contributed by atoms with van der Waals surface area (Å²) in [7, 11) is 2.57. The molecular weight excluding hydrogens is 398 g/mol. The van der Waals surface area contributed by atoms with Gasteiger partial charge in [0.25, 0.3) is 0 Å². The lowest BCUT2D eigenvalue weighted by atomic mass is 9.75. The van der Waals surface area contributed by atoms with Gasteiger partial charge in [0.05, 0.1) is 31.4 Å². The first kappa shape index (κ1) is 20.5. The number of esters is 2. The molecule has 0 unspecified atom stereocenters. The molecule has 0 saturated carbocycles. The molecule has 2 atom stereocenters. The Balaban J connectivity index is 1.88. The van der Waals surface area contributed by atoms with E-state index in [1.54, 1.807) is 43.3 Å². The molecule has 2 aromatic carbocycles. The first-order valence-electron chi connectivity index (χ1n) is 9.77. The second-order valence-corrected chi connectivity index (χ2v) is 7.26. The van der Waals surface area contributed by atoms with Gasteiger partial charge < -0.3 is 14.2 Å². The quantitative estimate of drug-likeness (QED) is 0.692. The number of Topliss-reactive ketones (excluding diaryl/α,β-unsaturated/α-hetero) is 1.